The smallest absolute Gasteiger partial charge is 0.229 e. The minimum absolute atomic E-state index is 0.0787. The molecule has 100 valence electrons. The standard InChI is InChI=1S/C12H25N3OS/c1-8(2)6-10(7-15(4)5)14-12(16)9(3)11(13)17/h8-10H,6-7H2,1-5H3,(H2,13,17)(H,14,16). The molecule has 0 heterocycles. The topological polar surface area (TPSA) is 58.4 Å². The van der Waals surface area contributed by atoms with Crippen molar-refractivity contribution in [3.05, 3.63) is 0 Å². The zero-order chi connectivity index (χ0) is 13.6. The summed E-state index contributed by atoms with van der Waals surface area (Å²) < 4.78 is 0. The molecule has 2 atom stereocenters. The van der Waals surface area contributed by atoms with Crippen molar-refractivity contribution in [1.29, 1.82) is 0 Å². The van der Waals surface area contributed by atoms with Crippen LogP contribution in [-0.4, -0.2) is 42.5 Å². The molecule has 0 rings (SSSR count). The summed E-state index contributed by atoms with van der Waals surface area (Å²) in [4.78, 5) is 14.2. The first-order valence-corrected chi connectivity index (χ1v) is 6.39. The lowest BCUT2D eigenvalue weighted by molar-refractivity contribution is -0.123. The van der Waals surface area contributed by atoms with E-state index in [1.54, 1.807) is 6.92 Å². The molecular weight excluding hydrogens is 234 g/mol. The number of amides is 1. The van der Waals surface area contributed by atoms with Gasteiger partial charge in [-0.15, -0.1) is 0 Å². The second-order valence-corrected chi connectivity index (χ2v) is 5.69. The van der Waals surface area contributed by atoms with Crippen molar-refractivity contribution in [2.75, 3.05) is 20.6 Å². The van der Waals surface area contributed by atoms with Gasteiger partial charge in [0.2, 0.25) is 5.91 Å². The summed E-state index contributed by atoms with van der Waals surface area (Å²) in [5.74, 6) is 0.0622. The first kappa shape index (κ1) is 16.3. The van der Waals surface area contributed by atoms with Gasteiger partial charge < -0.3 is 16.0 Å². The lowest BCUT2D eigenvalue weighted by atomic mass is 10.0. The number of nitrogens with one attached hydrogen (secondary N) is 1. The van der Waals surface area contributed by atoms with E-state index in [4.69, 9.17) is 18.0 Å². The Morgan fingerprint density at radius 1 is 1.35 bits per heavy atom. The molecule has 0 aliphatic carbocycles. The largest absolute Gasteiger partial charge is 0.393 e. The van der Waals surface area contributed by atoms with E-state index in [1.165, 1.54) is 0 Å². The highest BCUT2D eigenvalue weighted by molar-refractivity contribution is 7.80. The molecule has 1 amide bonds. The lowest BCUT2D eigenvalue weighted by Crippen LogP contribution is -2.46. The van der Waals surface area contributed by atoms with E-state index >= 15 is 0 Å². The molecule has 0 aliphatic rings. The van der Waals surface area contributed by atoms with Crippen LogP contribution in [0, 0.1) is 11.8 Å². The zero-order valence-electron chi connectivity index (χ0n) is 11.5. The Kier molecular flexibility index (Phi) is 7.30. The molecular formula is C12H25N3OS. The van der Waals surface area contributed by atoms with Gasteiger partial charge in [0.1, 0.15) is 0 Å². The predicted octanol–water partition coefficient (Wildman–Crippen LogP) is 1.00. The number of rotatable bonds is 7. The van der Waals surface area contributed by atoms with E-state index in [2.05, 4.69) is 24.1 Å². The Balaban J connectivity index is 4.41. The molecule has 4 nitrogen and oxygen atoms in total. The van der Waals surface area contributed by atoms with E-state index in [9.17, 15) is 4.79 Å². The van der Waals surface area contributed by atoms with Gasteiger partial charge in [-0.25, -0.2) is 0 Å². The lowest BCUT2D eigenvalue weighted by Gasteiger charge is -2.25. The van der Waals surface area contributed by atoms with E-state index in [-0.39, 0.29) is 16.9 Å². The van der Waals surface area contributed by atoms with E-state index in [0.717, 1.165) is 13.0 Å². The molecule has 5 heteroatoms. The summed E-state index contributed by atoms with van der Waals surface area (Å²) in [5, 5.41) is 3.01. The minimum Gasteiger partial charge on any atom is -0.393 e. The van der Waals surface area contributed by atoms with Crippen molar-refractivity contribution < 1.29 is 4.79 Å². The van der Waals surface area contributed by atoms with Crippen LogP contribution >= 0.6 is 12.2 Å². The molecule has 0 saturated heterocycles. The Morgan fingerprint density at radius 2 is 1.88 bits per heavy atom. The van der Waals surface area contributed by atoms with Gasteiger partial charge in [0, 0.05) is 12.6 Å². The molecule has 0 aromatic carbocycles. The van der Waals surface area contributed by atoms with Crippen LogP contribution in [0.1, 0.15) is 27.2 Å². The number of nitrogens with two attached hydrogens (primary N) is 1. The first-order chi connectivity index (χ1) is 7.73. The summed E-state index contributed by atoms with van der Waals surface area (Å²) in [6, 6.07) is 0.147. The third kappa shape index (κ3) is 7.28. The van der Waals surface area contributed by atoms with E-state index in [1.807, 2.05) is 14.1 Å². The monoisotopic (exact) mass is 259 g/mol. The molecule has 0 saturated carbocycles. The average molecular weight is 259 g/mol. The van der Waals surface area contributed by atoms with Gasteiger partial charge in [0.25, 0.3) is 0 Å². The highest BCUT2D eigenvalue weighted by Gasteiger charge is 2.20. The van der Waals surface area contributed by atoms with Crippen molar-refractivity contribution in [2.45, 2.75) is 33.2 Å². The molecule has 3 N–H and O–H groups in total. The molecule has 17 heavy (non-hydrogen) atoms. The third-order valence-electron chi connectivity index (χ3n) is 2.51. The normalized spacial score (nSPS) is 14.8. The summed E-state index contributed by atoms with van der Waals surface area (Å²) in [6.07, 6.45) is 0.952. The quantitative estimate of drug-likeness (QED) is 0.670. The number of thiocarbonyl (C=S) groups is 1. The van der Waals surface area contributed by atoms with Crippen LogP contribution in [0.3, 0.4) is 0 Å². The number of nitrogens with zero attached hydrogens (tertiary/aromatic N) is 1. The van der Waals surface area contributed by atoms with Crippen molar-refractivity contribution in [3.63, 3.8) is 0 Å². The van der Waals surface area contributed by atoms with Gasteiger partial charge in [0.05, 0.1) is 10.9 Å². The maximum Gasteiger partial charge on any atom is 0.229 e. The second-order valence-electron chi connectivity index (χ2n) is 5.22. The maximum atomic E-state index is 11.9. The van der Waals surface area contributed by atoms with Crippen molar-refractivity contribution in [3.8, 4) is 0 Å². The van der Waals surface area contributed by atoms with Crippen LogP contribution in [0.25, 0.3) is 0 Å². The maximum absolute atomic E-state index is 11.9. The van der Waals surface area contributed by atoms with Crippen molar-refractivity contribution in [1.82, 2.24) is 10.2 Å². The predicted molar refractivity (Wildman–Crippen MR) is 75.9 cm³/mol. The van der Waals surface area contributed by atoms with Crippen LogP contribution in [0.2, 0.25) is 0 Å². The SMILES string of the molecule is CC(C)CC(CN(C)C)NC(=O)C(C)C(N)=S. The summed E-state index contributed by atoms with van der Waals surface area (Å²) in [7, 11) is 3.99. The molecule has 2 unspecified atom stereocenters. The number of carbonyl (C=O) groups excluding carboxylic acids is 1. The third-order valence-corrected chi connectivity index (χ3v) is 2.86. The Hall–Kier alpha value is -0.680. The molecule has 0 bridgehead atoms. The molecule has 0 aliphatic heterocycles. The summed E-state index contributed by atoms with van der Waals surface area (Å²) in [6.45, 7) is 6.85. The number of likely N-dealkylation sites (N-methyl/N-ethyl adjacent to an activating group) is 1. The van der Waals surface area contributed by atoms with Gasteiger partial charge >= 0.3 is 0 Å². The molecule has 0 spiro atoms. The van der Waals surface area contributed by atoms with Crippen LogP contribution in [-0.2, 0) is 4.79 Å². The second kappa shape index (κ2) is 7.61. The fourth-order valence-corrected chi connectivity index (χ4v) is 1.75. The van der Waals surface area contributed by atoms with Crippen LogP contribution in [0.5, 0.6) is 0 Å². The Labute approximate surface area is 110 Å². The Bertz CT molecular complexity index is 256. The van der Waals surface area contributed by atoms with E-state index in [0.29, 0.717) is 5.92 Å². The van der Waals surface area contributed by atoms with Gasteiger partial charge in [0.15, 0.2) is 0 Å². The van der Waals surface area contributed by atoms with E-state index < -0.39 is 5.92 Å². The average Bonchev–Trinajstić information content (AvgIpc) is 2.13. The summed E-state index contributed by atoms with van der Waals surface area (Å²) >= 11 is 4.83. The van der Waals surface area contributed by atoms with Crippen LogP contribution in [0.15, 0.2) is 0 Å². The van der Waals surface area contributed by atoms with Crippen LogP contribution in [0.4, 0.5) is 0 Å². The van der Waals surface area contributed by atoms with Crippen molar-refractivity contribution >= 4 is 23.1 Å². The van der Waals surface area contributed by atoms with Crippen molar-refractivity contribution in [2.24, 2.45) is 17.6 Å². The van der Waals surface area contributed by atoms with Gasteiger partial charge in [-0.1, -0.05) is 26.1 Å². The fourth-order valence-electron chi connectivity index (χ4n) is 1.64. The highest BCUT2D eigenvalue weighted by Crippen LogP contribution is 2.07. The Morgan fingerprint density at radius 3 is 2.24 bits per heavy atom. The molecule has 0 fully saturated rings. The summed E-state index contributed by atoms with van der Waals surface area (Å²) in [5.41, 5.74) is 5.48. The van der Waals surface area contributed by atoms with Gasteiger partial charge in [-0.3, -0.25) is 4.79 Å². The fraction of sp³-hybridized carbons (Fsp3) is 0.833. The zero-order valence-corrected chi connectivity index (χ0v) is 12.3. The minimum atomic E-state index is -0.401. The number of hydrogen-bond donors (Lipinski definition) is 2. The molecule has 0 radical (unpaired) electrons. The highest BCUT2D eigenvalue weighted by atomic mass is 32.1. The number of carbonyl (C=O) groups is 1. The number of hydrogen-bond acceptors (Lipinski definition) is 3. The molecule has 0 aromatic heterocycles. The molecule has 0 aromatic rings. The van der Waals surface area contributed by atoms with Gasteiger partial charge in [-0.2, -0.15) is 0 Å². The first-order valence-electron chi connectivity index (χ1n) is 5.98. The van der Waals surface area contributed by atoms with Gasteiger partial charge in [-0.05, 0) is 33.4 Å². The van der Waals surface area contributed by atoms with Crippen LogP contribution < -0.4 is 11.1 Å².